The molecule has 2 aliphatic rings. The fourth-order valence-corrected chi connectivity index (χ4v) is 2.61. The molecule has 0 radical (unpaired) electrons. The van der Waals surface area contributed by atoms with Crippen LogP contribution in [0.2, 0.25) is 0 Å². The van der Waals surface area contributed by atoms with Crippen LogP contribution in [0, 0.1) is 0 Å². The molecule has 118 valence electrons. The fourth-order valence-electron chi connectivity index (χ4n) is 2.24. The van der Waals surface area contributed by atoms with E-state index < -0.39 is 28.4 Å². The van der Waals surface area contributed by atoms with E-state index in [4.69, 9.17) is 10.3 Å². The first-order chi connectivity index (χ1) is 10.2. The fraction of sp³-hybridized carbons (Fsp3) is 0.333. The highest BCUT2D eigenvalue weighted by Gasteiger charge is 2.43. The molecule has 3 rings (SSSR count). The monoisotopic (exact) mass is 330 g/mol. The van der Waals surface area contributed by atoms with Crippen molar-refractivity contribution in [2.24, 2.45) is 5.73 Å². The van der Waals surface area contributed by atoms with Crippen molar-refractivity contribution in [3.8, 4) is 0 Å². The van der Waals surface area contributed by atoms with Crippen LogP contribution in [0.25, 0.3) is 5.70 Å². The predicted octanol–water partition coefficient (Wildman–Crippen LogP) is -1.93. The van der Waals surface area contributed by atoms with Gasteiger partial charge in [0.15, 0.2) is 5.69 Å². The van der Waals surface area contributed by atoms with Crippen molar-refractivity contribution in [2.45, 2.75) is 6.04 Å². The van der Waals surface area contributed by atoms with Gasteiger partial charge in [-0.2, -0.15) is 13.5 Å². The zero-order chi connectivity index (χ0) is 16.1. The van der Waals surface area contributed by atoms with Gasteiger partial charge in [-0.1, -0.05) is 5.21 Å². The molecule has 1 aromatic heterocycles. The summed E-state index contributed by atoms with van der Waals surface area (Å²) in [5, 5.41) is 7.84. The summed E-state index contributed by atoms with van der Waals surface area (Å²) in [4.78, 5) is 24.2. The maximum Gasteiger partial charge on any atom is 0.418 e. The van der Waals surface area contributed by atoms with Crippen molar-refractivity contribution >= 4 is 28.0 Å². The highest BCUT2D eigenvalue weighted by Crippen LogP contribution is 2.27. The number of hydroxylamine groups is 2. The first-order valence-corrected chi connectivity index (χ1v) is 7.29. The number of carbonyl (C=O) groups is 2. The molecule has 22 heavy (non-hydrogen) atoms. The summed E-state index contributed by atoms with van der Waals surface area (Å²) in [6.07, 6.45) is 2.81. The average molecular weight is 330 g/mol. The van der Waals surface area contributed by atoms with Gasteiger partial charge in [-0.15, -0.1) is 9.38 Å². The molecule has 1 saturated heterocycles. The highest BCUT2D eigenvalue weighted by molar-refractivity contribution is 7.80. The number of nitrogens with zero attached hydrogens (tertiary/aromatic N) is 5. The lowest BCUT2D eigenvalue weighted by Crippen LogP contribution is -2.35. The first-order valence-electron chi connectivity index (χ1n) is 5.93. The third-order valence-electron chi connectivity index (χ3n) is 3.12. The van der Waals surface area contributed by atoms with E-state index in [0.717, 1.165) is 0 Å². The smallest absolute Gasteiger partial charge is 0.364 e. The van der Waals surface area contributed by atoms with Crippen molar-refractivity contribution in [1.82, 2.24) is 25.0 Å². The van der Waals surface area contributed by atoms with Crippen LogP contribution in [-0.2, 0) is 14.7 Å². The van der Waals surface area contributed by atoms with Crippen molar-refractivity contribution in [3.05, 3.63) is 18.0 Å². The van der Waals surface area contributed by atoms with Gasteiger partial charge < -0.3 is 10.6 Å². The van der Waals surface area contributed by atoms with Gasteiger partial charge in [-0.25, -0.2) is 9.48 Å². The Morgan fingerprint density at radius 3 is 2.82 bits per heavy atom. The highest BCUT2D eigenvalue weighted by atomic mass is 32.3. The topological polar surface area (TPSA) is 161 Å². The molecule has 0 spiro atoms. The van der Waals surface area contributed by atoms with E-state index >= 15 is 0 Å². The molecule has 0 saturated carbocycles. The summed E-state index contributed by atoms with van der Waals surface area (Å²) in [5.74, 6) is -0.752. The van der Waals surface area contributed by atoms with Gasteiger partial charge in [0.2, 0.25) is 0 Å². The van der Waals surface area contributed by atoms with Crippen LogP contribution in [0.3, 0.4) is 0 Å². The number of amides is 3. The van der Waals surface area contributed by atoms with E-state index in [-0.39, 0.29) is 18.8 Å². The third-order valence-corrected chi connectivity index (χ3v) is 3.47. The van der Waals surface area contributed by atoms with Gasteiger partial charge in [0, 0.05) is 6.54 Å². The molecule has 1 fully saturated rings. The maximum absolute atomic E-state index is 12.0. The molecule has 13 heteroatoms. The Morgan fingerprint density at radius 1 is 1.50 bits per heavy atom. The van der Waals surface area contributed by atoms with Crippen molar-refractivity contribution in [1.29, 1.82) is 0 Å². The second-order valence-electron chi connectivity index (χ2n) is 4.63. The molecular weight excluding hydrogens is 320 g/mol. The Morgan fingerprint density at radius 2 is 2.23 bits per heavy atom. The number of carbonyl (C=O) groups excluding carboxylic acids is 2. The number of hydrogen-bond acceptors (Lipinski definition) is 7. The van der Waals surface area contributed by atoms with Crippen LogP contribution in [0.5, 0.6) is 0 Å². The second-order valence-corrected chi connectivity index (χ2v) is 5.63. The number of fused-ring (bicyclic) bond motifs is 2. The number of hydrogen-bond donors (Lipinski definition) is 2. The molecule has 3 N–H and O–H groups in total. The Balaban J connectivity index is 1.89. The van der Waals surface area contributed by atoms with Crippen LogP contribution in [0.4, 0.5) is 4.79 Å². The minimum Gasteiger partial charge on any atom is -0.364 e. The number of aromatic nitrogens is 3. The Labute approximate surface area is 123 Å². The third kappa shape index (κ3) is 2.51. The zero-order valence-electron chi connectivity index (χ0n) is 10.9. The van der Waals surface area contributed by atoms with Crippen LogP contribution in [-0.4, -0.2) is 69.0 Å². The summed E-state index contributed by atoms with van der Waals surface area (Å²) in [5.41, 5.74) is 5.50. The predicted molar refractivity (Wildman–Crippen MR) is 68.0 cm³/mol. The van der Waals surface area contributed by atoms with E-state index in [2.05, 4.69) is 14.6 Å². The molecule has 1 atom stereocenters. The normalized spacial score (nSPS) is 21.2. The van der Waals surface area contributed by atoms with E-state index in [1.54, 1.807) is 0 Å². The number of primary amides is 1. The summed E-state index contributed by atoms with van der Waals surface area (Å²) < 4.78 is 35.8. The largest absolute Gasteiger partial charge is 0.418 e. The molecule has 1 aromatic rings. The minimum atomic E-state index is -4.82. The quantitative estimate of drug-likeness (QED) is 0.603. The van der Waals surface area contributed by atoms with Crippen molar-refractivity contribution < 1.29 is 26.8 Å². The summed E-state index contributed by atoms with van der Waals surface area (Å²) in [7, 11) is -4.82. The van der Waals surface area contributed by atoms with Gasteiger partial charge in [0.05, 0.1) is 18.4 Å². The van der Waals surface area contributed by atoms with Gasteiger partial charge in [0.1, 0.15) is 6.04 Å². The Bertz CT molecular complexity index is 784. The maximum atomic E-state index is 12.0. The molecule has 3 heterocycles. The molecule has 0 aliphatic carbocycles. The van der Waals surface area contributed by atoms with E-state index in [9.17, 15) is 18.0 Å². The van der Waals surface area contributed by atoms with Gasteiger partial charge in [-0.3, -0.25) is 9.35 Å². The van der Waals surface area contributed by atoms with Gasteiger partial charge in [-0.05, 0) is 6.08 Å². The lowest BCUT2D eigenvalue weighted by Gasteiger charge is -2.20. The van der Waals surface area contributed by atoms with Crippen molar-refractivity contribution in [2.75, 3.05) is 13.1 Å². The van der Waals surface area contributed by atoms with E-state index in [0.29, 0.717) is 10.8 Å². The minimum absolute atomic E-state index is 0.0498. The van der Waals surface area contributed by atoms with Crippen LogP contribution in [0.1, 0.15) is 10.5 Å². The first kappa shape index (κ1) is 14.4. The number of urea groups is 1. The Hall–Kier alpha value is -2.51. The van der Waals surface area contributed by atoms with Gasteiger partial charge >= 0.3 is 16.4 Å². The molecule has 0 aromatic carbocycles. The van der Waals surface area contributed by atoms with Crippen LogP contribution < -0.4 is 5.73 Å². The summed E-state index contributed by atoms with van der Waals surface area (Å²) in [6.45, 7) is 0.289. The molecule has 1 unspecified atom stereocenters. The standard InChI is InChI=1S/C9H10N6O6S/c10-8(16)7-4-14(12-11-7)5-1-6-3-13(2-5)9(17)15(6)21-22(18,19)20/h1,4,6H,2-3H2,(H2,10,16)(H,18,19,20). The zero-order valence-corrected chi connectivity index (χ0v) is 11.7. The number of rotatable bonds is 4. The molecular formula is C9H10N6O6S. The number of nitrogens with two attached hydrogens (primary N) is 1. The summed E-state index contributed by atoms with van der Waals surface area (Å²) >= 11 is 0. The molecule has 12 nitrogen and oxygen atoms in total. The second kappa shape index (κ2) is 4.75. The lowest BCUT2D eigenvalue weighted by molar-refractivity contribution is -0.0183. The lowest BCUT2D eigenvalue weighted by atomic mass is 10.2. The van der Waals surface area contributed by atoms with E-state index in [1.807, 2.05) is 0 Å². The van der Waals surface area contributed by atoms with E-state index in [1.165, 1.54) is 21.9 Å². The molecule has 3 amide bonds. The van der Waals surface area contributed by atoms with Gasteiger partial charge in [0.25, 0.3) is 5.91 Å². The van der Waals surface area contributed by atoms with Crippen molar-refractivity contribution in [3.63, 3.8) is 0 Å². The SMILES string of the molecule is NC(=O)c1cn(C2=CC3CN(C2)C(=O)N3OS(=O)(=O)O)nn1. The Kier molecular flexibility index (Phi) is 3.12. The molecule has 2 aliphatic heterocycles. The van der Waals surface area contributed by atoms with Crippen LogP contribution >= 0.6 is 0 Å². The average Bonchev–Trinajstić information content (AvgIpc) is 2.98. The summed E-state index contributed by atoms with van der Waals surface area (Å²) in [6, 6.07) is -1.46. The molecule has 2 bridgehead atoms. The van der Waals surface area contributed by atoms with Crippen LogP contribution in [0.15, 0.2) is 12.3 Å².